The van der Waals surface area contributed by atoms with Gasteiger partial charge < -0.3 is 15.5 Å². The Morgan fingerprint density at radius 3 is 1.95 bits per heavy atom. The van der Waals surface area contributed by atoms with Gasteiger partial charge in [0.15, 0.2) is 0 Å². The molecule has 0 saturated heterocycles. The summed E-state index contributed by atoms with van der Waals surface area (Å²) >= 11 is 0. The van der Waals surface area contributed by atoms with Crippen LogP contribution in [-0.2, 0) is 9.59 Å². The van der Waals surface area contributed by atoms with Gasteiger partial charge in [-0.15, -0.1) is 0 Å². The van der Waals surface area contributed by atoms with Gasteiger partial charge in [0, 0.05) is 19.3 Å². The summed E-state index contributed by atoms with van der Waals surface area (Å²) in [5.41, 5.74) is 4.28. The van der Waals surface area contributed by atoms with Crippen molar-refractivity contribution in [2.24, 2.45) is 10.9 Å². The maximum atomic E-state index is 12.9. The van der Waals surface area contributed by atoms with Crippen molar-refractivity contribution in [1.29, 1.82) is 0 Å². The minimum absolute atomic E-state index is 0.0745. The zero-order valence-electron chi connectivity index (χ0n) is 27.9. The molecule has 39 heavy (non-hydrogen) atoms. The van der Waals surface area contributed by atoms with E-state index in [9.17, 15) is 9.59 Å². The molecule has 0 aliphatic heterocycles. The van der Waals surface area contributed by atoms with E-state index >= 15 is 0 Å². The molecule has 0 unspecified atom stereocenters. The molecule has 0 bridgehead atoms. The molecule has 0 aliphatic carbocycles. The number of aliphatic imine (C=N–C) groups is 1. The topological polar surface area (TPSA) is 73.8 Å². The molecule has 0 heterocycles. The lowest BCUT2D eigenvalue weighted by atomic mass is 9.95. The normalized spacial score (nSPS) is 11.4. The fraction of sp³-hybridized carbons (Fsp3) is 0.667. The lowest BCUT2D eigenvalue weighted by molar-refractivity contribution is -0.124. The number of hydrogen-bond acceptors (Lipinski definition) is 4. The van der Waals surface area contributed by atoms with Crippen molar-refractivity contribution in [2.45, 2.75) is 108 Å². The van der Waals surface area contributed by atoms with Gasteiger partial charge in [0.2, 0.25) is 5.91 Å². The van der Waals surface area contributed by atoms with E-state index in [2.05, 4.69) is 77.0 Å². The minimum atomic E-state index is -0.332. The van der Waals surface area contributed by atoms with Crippen molar-refractivity contribution in [3.05, 3.63) is 46.7 Å². The van der Waals surface area contributed by atoms with Crippen molar-refractivity contribution >= 4 is 17.5 Å². The van der Waals surface area contributed by atoms with Gasteiger partial charge in [-0.2, -0.15) is 0 Å². The zero-order chi connectivity index (χ0) is 31.0. The van der Waals surface area contributed by atoms with Crippen LogP contribution >= 0.6 is 0 Å². The van der Waals surface area contributed by atoms with Crippen LogP contribution in [0.25, 0.3) is 0 Å². The summed E-state index contributed by atoms with van der Waals surface area (Å²) in [7, 11) is 3.59. The molecular formula is C33H62N4O2. The second kappa shape index (κ2) is 25.8. The summed E-state index contributed by atoms with van der Waals surface area (Å²) in [5, 5.41) is 5.21. The van der Waals surface area contributed by atoms with Gasteiger partial charge >= 0.3 is 0 Å². The summed E-state index contributed by atoms with van der Waals surface area (Å²) < 4.78 is 0. The highest BCUT2D eigenvalue weighted by atomic mass is 16.2. The number of nitrogens with one attached hydrogen (secondary N) is 2. The number of hydrogen-bond donors (Lipinski definition) is 2. The number of carbonyl (C=O) groups excluding carboxylic acids is 2. The van der Waals surface area contributed by atoms with E-state index in [0.717, 1.165) is 42.2 Å². The van der Waals surface area contributed by atoms with Gasteiger partial charge in [-0.3, -0.25) is 9.59 Å². The number of benzene rings is 1. The Kier molecular flexibility index (Phi) is 27.1. The Bertz CT molecular complexity index is 839. The Balaban J connectivity index is -0.00000126. The number of likely N-dealkylation sites (N-methyl/N-ethyl adjacent to an activating group) is 2. The maximum absolute atomic E-state index is 12.9. The molecule has 2 N–H and O–H groups in total. The molecule has 0 saturated carbocycles. The molecule has 1 aromatic rings. The van der Waals surface area contributed by atoms with Gasteiger partial charge in [-0.25, -0.2) is 4.99 Å². The first-order chi connectivity index (χ1) is 18.4. The van der Waals surface area contributed by atoms with Crippen molar-refractivity contribution in [2.75, 3.05) is 33.7 Å². The summed E-state index contributed by atoms with van der Waals surface area (Å²) in [5.74, 6) is 0.606. The third kappa shape index (κ3) is 21.1. The van der Waals surface area contributed by atoms with Crippen molar-refractivity contribution in [3.63, 3.8) is 0 Å². The molecular weight excluding hydrogens is 484 g/mol. The molecule has 2 amide bonds. The van der Waals surface area contributed by atoms with E-state index in [1.54, 1.807) is 7.05 Å². The molecule has 1 aromatic carbocycles. The number of carbonyl (C=O) groups is 2. The largest absolute Gasteiger partial charge is 0.358 e. The van der Waals surface area contributed by atoms with Crippen LogP contribution in [0.1, 0.15) is 119 Å². The van der Waals surface area contributed by atoms with Crippen LogP contribution in [0.2, 0.25) is 0 Å². The Labute approximate surface area is 242 Å². The first-order valence-corrected chi connectivity index (χ1v) is 14.9. The molecule has 0 aromatic heterocycles. The van der Waals surface area contributed by atoms with Gasteiger partial charge in [-0.05, 0) is 62.4 Å². The Hall–Kier alpha value is -2.47. The summed E-state index contributed by atoms with van der Waals surface area (Å²) in [4.78, 5) is 31.4. The standard InChI is InChI=1S/C24H38N4O2.C4H10.C3H8.C2H6/c1-8-9-14-28(7)16-18(4)23(24(30)26-15-22(29)25-6)27-19(5)21-13-11-10-12-20(21)17(2)3;1-4(2)3;1-3-2;1-2/h10-13,17H,8-9,14-16H2,1-7H3,(H,25,29)(H,26,30);4H,1-3H3;3H2,1-2H3;1-2H3/b23-18+,27-19?;;;. The first-order valence-electron chi connectivity index (χ1n) is 14.9. The summed E-state index contributed by atoms with van der Waals surface area (Å²) in [6, 6.07) is 8.14. The molecule has 0 atom stereocenters. The van der Waals surface area contributed by atoms with E-state index in [-0.39, 0.29) is 18.4 Å². The minimum Gasteiger partial charge on any atom is -0.358 e. The van der Waals surface area contributed by atoms with E-state index in [0.29, 0.717) is 18.2 Å². The predicted octanol–water partition coefficient (Wildman–Crippen LogP) is 7.59. The molecule has 0 aliphatic rings. The molecule has 6 heteroatoms. The van der Waals surface area contributed by atoms with Crippen LogP contribution in [0, 0.1) is 5.92 Å². The predicted molar refractivity (Wildman–Crippen MR) is 173 cm³/mol. The third-order valence-corrected chi connectivity index (χ3v) is 4.96. The first kappa shape index (κ1) is 41.0. The molecule has 6 nitrogen and oxygen atoms in total. The molecule has 1 rings (SSSR count). The van der Waals surface area contributed by atoms with E-state index in [1.165, 1.54) is 12.0 Å². The van der Waals surface area contributed by atoms with Crippen molar-refractivity contribution < 1.29 is 9.59 Å². The van der Waals surface area contributed by atoms with Crippen molar-refractivity contribution in [3.8, 4) is 0 Å². The van der Waals surface area contributed by atoms with E-state index in [1.807, 2.05) is 52.9 Å². The molecule has 0 fully saturated rings. The fourth-order valence-corrected chi connectivity index (χ4v) is 3.22. The lowest BCUT2D eigenvalue weighted by Crippen LogP contribution is -2.36. The number of unbranched alkanes of at least 4 members (excludes halogenated alkanes) is 1. The van der Waals surface area contributed by atoms with Crippen LogP contribution in [0.4, 0.5) is 0 Å². The summed E-state index contributed by atoms with van der Waals surface area (Å²) in [6.07, 6.45) is 3.47. The van der Waals surface area contributed by atoms with Gasteiger partial charge in [-0.1, -0.05) is 106 Å². The maximum Gasteiger partial charge on any atom is 0.270 e. The number of nitrogens with zero attached hydrogens (tertiary/aromatic N) is 2. The van der Waals surface area contributed by atoms with Gasteiger partial charge in [0.25, 0.3) is 5.91 Å². The second-order valence-electron chi connectivity index (χ2n) is 10.5. The van der Waals surface area contributed by atoms with Gasteiger partial charge in [0.1, 0.15) is 5.70 Å². The Morgan fingerprint density at radius 1 is 0.974 bits per heavy atom. The molecule has 0 radical (unpaired) electrons. The van der Waals surface area contributed by atoms with Crippen LogP contribution in [-0.4, -0.2) is 56.2 Å². The lowest BCUT2D eigenvalue weighted by Gasteiger charge is -2.19. The quantitative estimate of drug-likeness (QED) is 0.222. The zero-order valence-corrected chi connectivity index (χ0v) is 27.9. The van der Waals surface area contributed by atoms with E-state index in [4.69, 9.17) is 4.99 Å². The van der Waals surface area contributed by atoms with Crippen LogP contribution in [0.3, 0.4) is 0 Å². The number of rotatable bonds is 11. The summed E-state index contributed by atoms with van der Waals surface area (Å²) in [6.45, 7) is 26.6. The monoisotopic (exact) mass is 546 g/mol. The fourth-order valence-electron chi connectivity index (χ4n) is 3.22. The third-order valence-electron chi connectivity index (χ3n) is 4.96. The van der Waals surface area contributed by atoms with E-state index < -0.39 is 0 Å². The van der Waals surface area contributed by atoms with Crippen LogP contribution < -0.4 is 10.6 Å². The number of amides is 2. The Morgan fingerprint density at radius 2 is 1.49 bits per heavy atom. The highest BCUT2D eigenvalue weighted by Gasteiger charge is 2.17. The average molecular weight is 547 g/mol. The smallest absolute Gasteiger partial charge is 0.270 e. The second-order valence-corrected chi connectivity index (χ2v) is 10.5. The average Bonchev–Trinajstić information content (AvgIpc) is 2.89. The molecule has 0 spiro atoms. The molecule has 226 valence electrons. The van der Waals surface area contributed by atoms with Crippen LogP contribution in [0.15, 0.2) is 40.5 Å². The van der Waals surface area contributed by atoms with Crippen molar-refractivity contribution in [1.82, 2.24) is 15.5 Å². The van der Waals surface area contributed by atoms with Gasteiger partial charge in [0.05, 0.1) is 6.54 Å². The highest BCUT2D eigenvalue weighted by molar-refractivity contribution is 6.05. The SMILES string of the molecule is CC.CC(C)C.CCC.CCCCN(C)C/C(C)=C(/N=C(C)c1ccccc1C(C)C)C(=O)NCC(=O)NC. The van der Waals surface area contributed by atoms with Crippen LogP contribution in [0.5, 0.6) is 0 Å². The highest BCUT2D eigenvalue weighted by Crippen LogP contribution is 2.21.